The van der Waals surface area contributed by atoms with Crippen LogP contribution in [0.3, 0.4) is 0 Å². The van der Waals surface area contributed by atoms with Crippen molar-refractivity contribution < 1.29 is 34.7 Å². The first kappa shape index (κ1) is 18.5. The van der Waals surface area contributed by atoms with Gasteiger partial charge in [-0.05, 0) is 0 Å². The average molecular weight is 298 g/mol. The normalized spacial score (nSPS) is 9.00. The van der Waals surface area contributed by atoms with Crippen molar-refractivity contribution in [2.24, 2.45) is 0 Å². The molecule has 0 amide bonds. The number of benzene rings is 3. The quantitative estimate of drug-likeness (QED) is 0.439. The Morgan fingerprint density at radius 1 is 0.500 bits per heavy atom. The third-order valence-corrected chi connectivity index (χ3v) is 3.19. The monoisotopic (exact) mass is 298 g/mol. The molecule has 1 N–H and O–H groups in total. The molecule has 0 bridgehead atoms. The van der Waals surface area contributed by atoms with Gasteiger partial charge in [-0.1, -0.05) is 114 Å². The maximum Gasteiger partial charge on any atom is 1.00 e. The van der Waals surface area contributed by atoms with Gasteiger partial charge < -0.3 is 5.11 Å². The minimum atomic E-state index is 0. The molecule has 2 heteroatoms. The molecule has 22 heavy (non-hydrogen) atoms. The van der Waals surface area contributed by atoms with E-state index >= 15 is 0 Å². The maximum atomic E-state index is 7.00. The van der Waals surface area contributed by atoms with Crippen molar-refractivity contribution in [1.82, 2.24) is 0 Å². The maximum absolute atomic E-state index is 7.00. The Hall–Kier alpha value is -1.51. The Labute approximate surface area is 154 Å². The SMILES string of the molecule is CO.[Na+].c1ccc([C-](c2ccccc2)c2ccccc2)cc1. The molecular formula is C20H19NaO. The Morgan fingerprint density at radius 3 is 0.955 bits per heavy atom. The summed E-state index contributed by atoms with van der Waals surface area (Å²) in [6, 6.07) is 31.6. The number of hydrogen-bond acceptors (Lipinski definition) is 1. The molecule has 3 rings (SSSR count). The zero-order valence-electron chi connectivity index (χ0n) is 13.1. The molecule has 1 nitrogen and oxygen atoms in total. The summed E-state index contributed by atoms with van der Waals surface area (Å²) in [4.78, 5) is 0. The van der Waals surface area contributed by atoms with E-state index in [1.165, 1.54) is 22.6 Å². The summed E-state index contributed by atoms with van der Waals surface area (Å²) in [7, 11) is 1.00. The van der Waals surface area contributed by atoms with Gasteiger partial charge in [0, 0.05) is 7.11 Å². The predicted molar refractivity (Wildman–Crippen MR) is 88.0 cm³/mol. The van der Waals surface area contributed by atoms with Crippen LogP contribution in [0.1, 0.15) is 16.7 Å². The molecular weight excluding hydrogens is 279 g/mol. The average Bonchev–Trinajstić information content (AvgIpc) is 2.60. The van der Waals surface area contributed by atoms with Crippen molar-refractivity contribution in [3.8, 4) is 0 Å². The van der Waals surface area contributed by atoms with Crippen LogP contribution in [0.25, 0.3) is 0 Å². The fraction of sp³-hybridized carbons (Fsp3) is 0.0500. The second-order valence-corrected chi connectivity index (χ2v) is 4.47. The van der Waals surface area contributed by atoms with Gasteiger partial charge in [0.2, 0.25) is 0 Å². The molecule has 0 saturated heterocycles. The summed E-state index contributed by atoms with van der Waals surface area (Å²) in [5.74, 6) is 1.28. The van der Waals surface area contributed by atoms with Crippen LogP contribution in [0.2, 0.25) is 0 Å². The van der Waals surface area contributed by atoms with Gasteiger partial charge >= 0.3 is 29.6 Å². The largest absolute Gasteiger partial charge is 1.00 e. The van der Waals surface area contributed by atoms with Gasteiger partial charge in [-0.2, -0.15) is 0 Å². The van der Waals surface area contributed by atoms with Crippen LogP contribution < -0.4 is 29.6 Å². The molecule has 0 spiro atoms. The van der Waals surface area contributed by atoms with Crippen molar-refractivity contribution in [2.45, 2.75) is 0 Å². The summed E-state index contributed by atoms with van der Waals surface area (Å²) in [5, 5.41) is 7.00. The first-order valence-corrected chi connectivity index (χ1v) is 6.93. The van der Waals surface area contributed by atoms with Crippen molar-refractivity contribution in [3.63, 3.8) is 0 Å². The first-order valence-electron chi connectivity index (χ1n) is 6.93. The van der Waals surface area contributed by atoms with Gasteiger partial charge in [0.25, 0.3) is 0 Å². The summed E-state index contributed by atoms with van der Waals surface area (Å²) in [6.07, 6.45) is 0. The van der Waals surface area contributed by atoms with Gasteiger partial charge in [0.05, 0.1) is 0 Å². The second-order valence-electron chi connectivity index (χ2n) is 4.47. The number of aliphatic hydroxyl groups excluding tert-OH is 1. The Kier molecular flexibility index (Phi) is 8.64. The fourth-order valence-corrected chi connectivity index (χ4v) is 2.31. The molecule has 0 aliphatic heterocycles. The first-order chi connectivity index (χ1) is 10.4. The molecule has 0 heterocycles. The van der Waals surface area contributed by atoms with Crippen LogP contribution in [0, 0.1) is 5.92 Å². The molecule has 0 atom stereocenters. The predicted octanol–water partition coefficient (Wildman–Crippen LogP) is 1.32. The minimum absolute atomic E-state index is 0. The van der Waals surface area contributed by atoms with E-state index < -0.39 is 0 Å². The van der Waals surface area contributed by atoms with Crippen LogP contribution in [-0.2, 0) is 0 Å². The molecule has 106 valence electrons. The van der Waals surface area contributed by atoms with E-state index in [9.17, 15) is 0 Å². The van der Waals surface area contributed by atoms with Gasteiger partial charge in [0.15, 0.2) is 0 Å². The number of aliphatic hydroxyl groups is 1. The molecule has 3 aromatic rings. The van der Waals surface area contributed by atoms with E-state index in [4.69, 9.17) is 5.11 Å². The molecule has 0 aromatic heterocycles. The zero-order chi connectivity index (χ0) is 14.9. The van der Waals surface area contributed by atoms with Crippen LogP contribution in [0.5, 0.6) is 0 Å². The van der Waals surface area contributed by atoms with E-state index in [1.807, 2.05) is 0 Å². The standard InChI is InChI=1S/C19H15.CH4O.Na/c1-4-10-16(11-5-1)19(17-12-6-2-7-13-17)18-14-8-3-9-15-18;1-2;/h1-15H;2H,1H3;/q-1;;+1. The summed E-state index contributed by atoms with van der Waals surface area (Å²) < 4.78 is 0. The Balaban J connectivity index is 0.000000775. The van der Waals surface area contributed by atoms with Crippen molar-refractivity contribution >= 4 is 0 Å². The molecule has 0 aliphatic carbocycles. The minimum Gasteiger partial charge on any atom is -0.400 e. The zero-order valence-corrected chi connectivity index (χ0v) is 15.1. The number of rotatable bonds is 3. The molecule has 0 unspecified atom stereocenters. The van der Waals surface area contributed by atoms with E-state index in [0.717, 1.165) is 7.11 Å². The van der Waals surface area contributed by atoms with Crippen molar-refractivity contribution in [2.75, 3.05) is 7.11 Å². The smallest absolute Gasteiger partial charge is 0.400 e. The number of hydrogen-bond donors (Lipinski definition) is 1. The fourth-order valence-electron chi connectivity index (χ4n) is 2.31. The molecule has 0 saturated carbocycles. The van der Waals surface area contributed by atoms with Crippen LogP contribution in [-0.4, -0.2) is 12.2 Å². The van der Waals surface area contributed by atoms with Gasteiger partial charge in [-0.3, -0.25) is 0 Å². The van der Waals surface area contributed by atoms with Gasteiger partial charge in [-0.25, -0.2) is 0 Å². The Morgan fingerprint density at radius 2 is 0.727 bits per heavy atom. The summed E-state index contributed by atoms with van der Waals surface area (Å²) >= 11 is 0. The third kappa shape index (κ3) is 4.75. The van der Waals surface area contributed by atoms with E-state index in [2.05, 4.69) is 91.0 Å². The molecule has 0 radical (unpaired) electrons. The third-order valence-electron chi connectivity index (χ3n) is 3.19. The molecule has 3 aromatic carbocycles. The van der Waals surface area contributed by atoms with Crippen LogP contribution in [0.15, 0.2) is 91.0 Å². The van der Waals surface area contributed by atoms with E-state index in [1.54, 1.807) is 0 Å². The Bertz CT molecular complexity index is 530. The van der Waals surface area contributed by atoms with Gasteiger partial charge in [0.1, 0.15) is 0 Å². The molecule has 0 aliphatic rings. The summed E-state index contributed by atoms with van der Waals surface area (Å²) in [6.45, 7) is 0. The summed E-state index contributed by atoms with van der Waals surface area (Å²) in [5.41, 5.74) is 3.75. The van der Waals surface area contributed by atoms with E-state index in [0.29, 0.717) is 0 Å². The second kappa shape index (κ2) is 10.3. The topological polar surface area (TPSA) is 20.2 Å². The van der Waals surface area contributed by atoms with Crippen LogP contribution in [0.4, 0.5) is 0 Å². The van der Waals surface area contributed by atoms with Gasteiger partial charge in [-0.15, -0.1) is 0 Å². The van der Waals surface area contributed by atoms with E-state index in [-0.39, 0.29) is 29.6 Å². The molecule has 0 fully saturated rings. The van der Waals surface area contributed by atoms with Crippen molar-refractivity contribution in [1.29, 1.82) is 0 Å². The van der Waals surface area contributed by atoms with Crippen molar-refractivity contribution in [3.05, 3.63) is 114 Å². The van der Waals surface area contributed by atoms with Crippen LogP contribution >= 0.6 is 0 Å².